The predicted octanol–water partition coefficient (Wildman–Crippen LogP) is -1.01. The Kier molecular flexibility index (Phi) is 9.52. The normalized spacial score (nSPS) is 27.8. The smallest absolute Gasteiger partial charge is 0.345 e. The van der Waals surface area contributed by atoms with Gasteiger partial charge in [-0.3, -0.25) is 9.36 Å². The highest BCUT2D eigenvalue weighted by Gasteiger charge is 2.46. The van der Waals surface area contributed by atoms with E-state index in [4.69, 9.17) is 18.5 Å². The largest absolute Gasteiger partial charge is 0.465 e. The minimum absolute atomic E-state index is 0.0464. The molecule has 2 unspecified atom stereocenters. The Balaban J connectivity index is 2.28. The first-order chi connectivity index (χ1) is 14.7. The Hall–Kier alpha value is -1.44. The summed E-state index contributed by atoms with van der Waals surface area (Å²) < 4.78 is 35.3. The molecule has 2 heterocycles. The molecule has 0 spiro atoms. The Morgan fingerprint density at radius 1 is 1.16 bits per heavy atom. The fourth-order valence-corrected chi connectivity index (χ4v) is 5.07. The summed E-state index contributed by atoms with van der Waals surface area (Å²) >= 11 is 0. The molecule has 1 aliphatic rings. The van der Waals surface area contributed by atoms with Gasteiger partial charge in [0.1, 0.15) is 24.4 Å². The van der Waals surface area contributed by atoms with Crippen molar-refractivity contribution in [3.05, 3.63) is 11.9 Å². The van der Waals surface area contributed by atoms with Crippen molar-refractivity contribution in [2.45, 2.75) is 63.5 Å². The standard InChI is InChI=1S/C17H30N3O10P/c1-4-27-17(25)12(31(26,28-5-2)29-6-3)7-10-8-20(19-18-10)16-15(24)14(23)13(22)11(9-21)30-16/h8,11-16,21-24H,4-7,9H2,1-3H3/t11-,12?,13-,14+,15-,16?/m1/s1. The van der Waals surface area contributed by atoms with E-state index >= 15 is 0 Å². The van der Waals surface area contributed by atoms with Crippen LogP contribution in [-0.4, -0.2) is 97.9 Å². The number of ether oxygens (including phenoxy) is 2. The van der Waals surface area contributed by atoms with E-state index in [-0.39, 0.29) is 31.9 Å². The highest BCUT2D eigenvalue weighted by atomic mass is 31.2. The van der Waals surface area contributed by atoms with Crippen LogP contribution in [0, 0.1) is 0 Å². The molecule has 1 aromatic rings. The number of carbonyl (C=O) groups excluding carboxylic acids is 1. The van der Waals surface area contributed by atoms with Gasteiger partial charge in [-0.05, 0) is 20.8 Å². The number of nitrogens with zero attached hydrogens (tertiary/aromatic N) is 3. The molecule has 1 saturated heterocycles. The van der Waals surface area contributed by atoms with E-state index in [9.17, 15) is 29.8 Å². The molecule has 178 valence electrons. The van der Waals surface area contributed by atoms with Gasteiger partial charge in [-0.2, -0.15) is 0 Å². The van der Waals surface area contributed by atoms with E-state index in [2.05, 4.69) is 10.3 Å². The lowest BCUT2D eigenvalue weighted by atomic mass is 9.98. The fraction of sp³-hybridized carbons (Fsp3) is 0.824. The summed E-state index contributed by atoms with van der Waals surface area (Å²) in [4.78, 5) is 12.5. The zero-order valence-corrected chi connectivity index (χ0v) is 18.5. The van der Waals surface area contributed by atoms with Crippen molar-refractivity contribution >= 4 is 13.6 Å². The van der Waals surface area contributed by atoms with Crippen LogP contribution in [0.1, 0.15) is 32.7 Å². The van der Waals surface area contributed by atoms with Crippen LogP contribution in [0.25, 0.3) is 0 Å². The van der Waals surface area contributed by atoms with Crippen LogP contribution in [0.4, 0.5) is 0 Å². The van der Waals surface area contributed by atoms with Gasteiger partial charge in [0.25, 0.3) is 0 Å². The fourth-order valence-electron chi connectivity index (χ4n) is 3.17. The number of hydrogen-bond acceptors (Lipinski definition) is 12. The molecule has 4 N–H and O–H groups in total. The molecule has 2 rings (SSSR count). The molecule has 0 saturated carbocycles. The molecule has 31 heavy (non-hydrogen) atoms. The summed E-state index contributed by atoms with van der Waals surface area (Å²) in [5, 5.41) is 47.2. The first-order valence-corrected chi connectivity index (χ1v) is 11.6. The van der Waals surface area contributed by atoms with Crippen LogP contribution in [-0.2, 0) is 34.3 Å². The monoisotopic (exact) mass is 467 g/mol. The molecule has 0 amide bonds. The van der Waals surface area contributed by atoms with Gasteiger partial charge in [-0.15, -0.1) is 5.10 Å². The first kappa shape index (κ1) is 25.8. The van der Waals surface area contributed by atoms with Crippen molar-refractivity contribution in [1.29, 1.82) is 0 Å². The van der Waals surface area contributed by atoms with Crippen molar-refractivity contribution < 1.29 is 48.3 Å². The zero-order chi connectivity index (χ0) is 23.2. The van der Waals surface area contributed by atoms with Gasteiger partial charge in [-0.1, -0.05) is 5.21 Å². The highest BCUT2D eigenvalue weighted by molar-refractivity contribution is 7.55. The van der Waals surface area contributed by atoms with Gasteiger partial charge in [0, 0.05) is 6.42 Å². The Morgan fingerprint density at radius 3 is 2.35 bits per heavy atom. The summed E-state index contributed by atoms with van der Waals surface area (Å²) in [6.07, 6.45) is -5.94. The SMILES string of the molecule is CCOC(=O)C(Cc1cn(C2O[C@H](CO)[C@@H](O)[C@H](O)[C@H]2O)nn1)P(=O)(OCC)OCC. The number of hydrogen-bond donors (Lipinski definition) is 4. The van der Waals surface area contributed by atoms with Crippen molar-refractivity contribution in [1.82, 2.24) is 15.0 Å². The minimum atomic E-state index is -3.89. The van der Waals surface area contributed by atoms with Gasteiger partial charge >= 0.3 is 13.6 Å². The average molecular weight is 467 g/mol. The second kappa shape index (κ2) is 11.4. The van der Waals surface area contributed by atoms with Crippen molar-refractivity contribution in [3.8, 4) is 0 Å². The second-order valence-corrected chi connectivity index (χ2v) is 8.98. The van der Waals surface area contributed by atoms with Crippen LogP contribution in [0.15, 0.2) is 6.20 Å². The molecular weight excluding hydrogens is 437 g/mol. The first-order valence-electron chi connectivity index (χ1n) is 9.98. The number of aliphatic hydroxyl groups is 4. The predicted molar refractivity (Wildman–Crippen MR) is 104 cm³/mol. The number of aliphatic hydroxyl groups excluding tert-OH is 4. The van der Waals surface area contributed by atoms with Crippen molar-refractivity contribution in [3.63, 3.8) is 0 Å². The topological polar surface area (TPSA) is 183 Å². The van der Waals surface area contributed by atoms with E-state index in [1.807, 2.05) is 0 Å². The maximum absolute atomic E-state index is 13.2. The van der Waals surface area contributed by atoms with Gasteiger partial charge < -0.3 is 38.9 Å². The molecule has 1 aliphatic heterocycles. The zero-order valence-electron chi connectivity index (χ0n) is 17.6. The lowest BCUT2D eigenvalue weighted by Crippen LogP contribution is -2.56. The van der Waals surface area contributed by atoms with Crippen LogP contribution in [0.5, 0.6) is 0 Å². The number of aromatic nitrogens is 3. The van der Waals surface area contributed by atoms with E-state index < -0.39 is 56.5 Å². The molecular formula is C17H30N3O10P. The molecule has 6 atom stereocenters. The maximum Gasteiger partial charge on any atom is 0.345 e. The van der Waals surface area contributed by atoms with Crippen LogP contribution in [0.2, 0.25) is 0 Å². The van der Waals surface area contributed by atoms with E-state index in [1.54, 1.807) is 20.8 Å². The third kappa shape index (κ3) is 5.88. The van der Waals surface area contributed by atoms with E-state index in [0.29, 0.717) is 0 Å². The summed E-state index contributed by atoms with van der Waals surface area (Å²) in [6, 6.07) is 0. The average Bonchev–Trinajstić information content (AvgIpc) is 3.19. The highest BCUT2D eigenvalue weighted by Crippen LogP contribution is 2.54. The molecule has 0 aliphatic carbocycles. The Labute approximate surface area is 179 Å². The third-order valence-electron chi connectivity index (χ3n) is 4.65. The Bertz CT molecular complexity index is 750. The third-order valence-corrected chi connectivity index (χ3v) is 7.04. The summed E-state index contributed by atoms with van der Waals surface area (Å²) in [5.41, 5.74) is -1.11. The molecule has 14 heteroatoms. The summed E-state index contributed by atoms with van der Waals surface area (Å²) in [6.45, 7) is 4.39. The molecule has 1 fully saturated rings. The van der Waals surface area contributed by atoms with E-state index in [1.165, 1.54) is 6.20 Å². The van der Waals surface area contributed by atoms with Crippen molar-refractivity contribution in [2.24, 2.45) is 0 Å². The number of rotatable bonds is 11. The Morgan fingerprint density at radius 2 is 1.81 bits per heavy atom. The quantitative estimate of drug-likeness (QED) is 0.230. The van der Waals surface area contributed by atoms with Crippen LogP contribution < -0.4 is 0 Å². The lowest BCUT2D eigenvalue weighted by molar-refractivity contribution is -0.254. The second-order valence-electron chi connectivity index (χ2n) is 6.76. The number of carbonyl (C=O) groups is 1. The van der Waals surface area contributed by atoms with Crippen LogP contribution >= 0.6 is 7.60 Å². The molecule has 0 aromatic carbocycles. The summed E-state index contributed by atoms with van der Waals surface area (Å²) in [5.74, 6) is -0.782. The van der Waals surface area contributed by atoms with Gasteiger partial charge in [0.15, 0.2) is 11.9 Å². The minimum Gasteiger partial charge on any atom is -0.465 e. The van der Waals surface area contributed by atoms with Gasteiger partial charge in [0.2, 0.25) is 0 Å². The summed E-state index contributed by atoms with van der Waals surface area (Å²) in [7, 11) is -3.89. The van der Waals surface area contributed by atoms with Crippen LogP contribution in [0.3, 0.4) is 0 Å². The molecule has 1 aromatic heterocycles. The molecule has 0 bridgehead atoms. The van der Waals surface area contributed by atoms with Gasteiger partial charge in [0.05, 0.1) is 38.3 Å². The van der Waals surface area contributed by atoms with E-state index in [0.717, 1.165) is 4.68 Å². The maximum atomic E-state index is 13.2. The molecule has 13 nitrogen and oxygen atoms in total. The van der Waals surface area contributed by atoms with Crippen molar-refractivity contribution in [2.75, 3.05) is 26.4 Å². The number of esters is 1. The molecule has 0 radical (unpaired) electrons. The van der Waals surface area contributed by atoms with Gasteiger partial charge in [-0.25, -0.2) is 4.68 Å². The lowest BCUT2D eigenvalue weighted by Gasteiger charge is -2.39.